The van der Waals surface area contributed by atoms with Gasteiger partial charge in [0.1, 0.15) is 6.04 Å². The maximum atomic E-state index is 12.0. The lowest BCUT2D eigenvalue weighted by Crippen LogP contribution is -2.47. The number of unbranched alkanes of at least 4 members (excludes halogenated alkanes) is 8. The van der Waals surface area contributed by atoms with Crippen molar-refractivity contribution in [1.82, 2.24) is 11.1 Å². The van der Waals surface area contributed by atoms with Gasteiger partial charge >= 0.3 is 12.1 Å². The van der Waals surface area contributed by atoms with Crippen molar-refractivity contribution in [2.45, 2.75) is 90.5 Å². The van der Waals surface area contributed by atoms with Crippen molar-refractivity contribution < 1.29 is 24.6 Å². The molecular weight excluding hydrogens is 312 g/mol. The maximum Gasteiger partial charge on any atom is 0.414 e. The molecule has 2 amide bonds. The molecule has 0 saturated heterocycles. The van der Waals surface area contributed by atoms with Crippen LogP contribution in [0.15, 0.2) is 0 Å². The molecule has 5 N–H and O–H groups in total. The highest BCUT2D eigenvalue weighted by Gasteiger charge is 2.32. The molecule has 7 heteroatoms. The molecule has 7 nitrogen and oxygen atoms in total. The molecule has 1 unspecified atom stereocenters. The van der Waals surface area contributed by atoms with Crippen LogP contribution in [-0.4, -0.2) is 39.1 Å². The van der Waals surface area contributed by atoms with Gasteiger partial charge in [-0.1, -0.05) is 65.2 Å². The Morgan fingerprint density at radius 1 is 0.833 bits per heavy atom. The number of aliphatic carboxylic acids is 1. The van der Waals surface area contributed by atoms with Crippen molar-refractivity contribution in [3.05, 3.63) is 0 Å². The molecule has 0 radical (unpaired) electrons. The molecule has 0 aliphatic carbocycles. The third-order valence-electron chi connectivity index (χ3n) is 3.95. The highest BCUT2D eigenvalue weighted by molar-refractivity contribution is 5.95. The lowest BCUT2D eigenvalue weighted by Gasteiger charge is -2.23. The number of amides is 2. The molecule has 0 saturated carbocycles. The van der Waals surface area contributed by atoms with Crippen molar-refractivity contribution in [2.24, 2.45) is 0 Å². The van der Waals surface area contributed by atoms with Crippen LogP contribution >= 0.6 is 0 Å². The van der Waals surface area contributed by atoms with E-state index in [0.29, 0.717) is 11.3 Å². The molecular formula is C17H34N2O5. The third kappa shape index (κ3) is 10.2. The Morgan fingerprint density at radius 2 is 1.29 bits per heavy atom. The monoisotopic (exact) mass is 346 g/mol. The van der Waals surface area contributed by atoms with Crippen LogP contribution in [-0.2, 0) is 9.59 Å². The van der Waals surface area contributed by atoms with E-state index in [-0.39, 0.29) is 19.0 Å². The van der Waals surface area contributed by atoms with E-state index in [2.05, 4.69) is 6.92 Å². The van der Waals surface area contributed by atoms with E-state index in [1.807, 2.05) is 0 Å². The number of hydrogen-bond acceptors (Lipinski definition) is 4. The molecule has 0 aromatic heterocycles. The summed E-state index contributed by atoms with van der Waals surface area (Å²) in [4.78, 5) is 34.6. The van der Waals surface area contributed by atoms with Gasteiger partial charge in [0.05, 0.1) is 0 Å². The normalized spacial score (nSPS) is 11.4. The van der Waals surface area contributed by atoms with Gasteiger partial charge in [-0.05, 0) is 12.8 Å². The number of hydrogen-bond donors (Lipinski definition) is 3. The molecule has 0 fully saturated rings. The molecule has 24 heavy (non-hydrogen) atoms. The summed E-state index contributed by atoms with van der Waals surface area (Å²) < 4.78 is 0. The van der Waals surface area contributed by atoms with E-state index in [1.54, 1.807) is 6.92 Å². The first kappa shape index (κ1) is 24.6. The maximum absolute atomic E-state index is 12.0. The van der Waals surface area contributed by atoms with Gasteiger partial charge in [0.25, 0.3) is 0 Å². The number of carbonyl (C=O) groups excluding carboxylic acids is 1. The van der Waals surface area contributed by atoms with Gasteiger partial charge in [0.2, 0.25) is 5.91 Å². The molecule has 0 heterocycles. The van der Waals surface area contributed by atoms with E-state index in [0.717, 1.165) is 19.3 Å². The molecule has 0 spiro atoms. The summed E-state index contributed by atoms with van der Waals surface area (Å²) in [5.41, 5.74) is 0. The second kappa shape index (κ2) is 14.9. The van der Waals surface area contributed by atoms with Gasteiger partial charge in [-0.25, -0.2) is 14.5 Å². The lowest BCUT2D eigenvalue weighted by atomic mass is 10.1. The summed E-state index contributed by atoms with van der Waals surface area (Å²) >= 11 is 0. The van der Waals surface area contributed by atoms with Gasteiger partial charge < -0.3 is 16.4 Å². The Morgan fingerprint density at radius 3 is 1.67 bits per heavy atom. The summed E-state index contributed by atoms with van der Waals surface area (Å²) in [6, 6.07) is -1.29. The van der Waals surface area contributed by atoms with Crippen LogP contribution in [0.4, 0.5) is 4.79 Å². The average molecular weight is 346 g/mol. The van der Waals surface area contributed by atoms with Crippen molar-refractivity contribution in [1.29, 1.82) is 0 Å². The lowest BCUT2D eigenvalue weighted by molar-refractivity contribution is -0.148. The minimum atomic E-state index is -1.49. The predicted molar refractivity (Wildman–Crippen MR) is 93.5 cm³/mol. The van der Waals surface area contributed by atoms with Crippen molar-refractivity contribution in [3.63, 3.8) is 0 Å². The molecule has 1 atom stereocenters. The highest BCUT2D eigenvalue weighted by atomic mass is 16.4. The number of rotatable bonds is 13. The third-order valence-corrected chi connectivity index (χ3v) is 3.95. The van der Waals surface area contributed by atoms with E-state index in [1.165, 1.54) is 32.1 Å². The van der Waals surface area contributed by atoms with Crippen LogP contribution < -0.4 is 6.15 Å². The van der Waals surface area contributed by atoms with Gasteiger partial charge in [-0.2, -0.15) is 0 Å². The molecule has 0 aromatic rings. The minimum absolute atomic E-state index is 0. The van der Waals surface area contributed by atoms with E-state index >= 15 is 0 Å². The van der Waals surface area contributed by atoms with Gasteiger partial charge in [0.15, 0.2) is 0 Å². The summed E-state index contributed by atoms with van der Waals surface area (Å²) in [5.74, 6) is -1.90. The average Bonchev–Trinajstić information content (AvgIpc) is 2.49. The summed E-state index contributed by atoms with van der Waals surface area (Å²) in [5, 5.41) is 18.1. The zero-order valence-electron chi connectivity index (χ0n) is 15.1. The SMILES string of the molecule is CCCCCCCCCCCC(=O)N(C(=O)O)C(CC)C(=O)O.N. The van der Waals surface area contributed by atoms with Gasteiger partial charge in [0, 0.05) is 6.42 Å². The van der Waals surface area contributed by atoms with Crippen LogP contribution in [0.3, 0.4) is 0 Å². The molecule has 0 aromatic carbocycles. The number of nitrogens with zero attached hydrogens (tertiary/aromatic N) is 1. The molecule has 0 bridgehead atoms. The Kier molecular flexibility index (Phi) is 15.3. The first-order valence-electron chi connectivity index (χ1n) is 8.73. The molecule has 0 aliphatic rings. The van der Waals surface area contributed by atoms with Gasteiger partial charge in [-0.3, -0.25) is 4.79 Å². The van der Waals surface area contributed by atoms with Crippen molar-refractivity contribution in [3.8, 4) is 0 Å². The van der Waals surface area contributed by atoms with Crippen molar-refractivity contribution in [2.75, 3.05) is 0 Å². The van der Waals surface area contributed by atoms with Crippen molar-refractivity contribution >= 4 is 18.0 Å². The van der Waals surface area contributed by atoms with Crippen LogP contribution in [0.2, 0.25) is 0 Å². The first-order valence-corrected chi connectivity index (χ1v) is 8.73. The Bertz CT molecular complexity index is 374. The van der Waals surface area contributed by atoms with Gasteiger partial charge in [-0.15, -0.1) is 0 Å². The number of carboxylic acids is 1. The van der Waals surface area contributed by atoms with E-state index < -0.39 is 24.0 Å². The van der Waals surface area contributed by atoms with E-state index in [9.17, 15) is 14.4 Å². The molecule has 0 aliphatic heterocycles. The van der Waals surface area contributed by atoms with E-state index in [4.69, 9.17) is 10.2 Å². The van der Waals surface area contributed by atoms with Crippen LogP contribution in [0.25, 0.3) is 0 Å². The summed E-state index contributed by atoms with van der Waals surface area (Å²) in [6.07, 6.45) is 8.55. The molecule has 0 rings (SSSR count). The van der Waals surface area contributed by atoms with Crippen LogP contribution in [0.1, 0.15) is 84.5 Å². The second-order valence-electron chi connectivity index (χ2n) is 5.89. The van der Waals surface area contributed by atoms with Crippen LogP contribution in [0.5, 0.6) is 0 Å². The fourth-order valence-corrected chi connectivity index (χ4v) is 2.59. The zero-order chi connectivity index (χ0) is 17.7. The zero-order valence-corrected chi connectivity index (χ0v) is 15.1. The predicted octanol–water partition coefficient (Wildman–Crippen LogP) is 4.44. The summed E-state index contributed by atoms with van der Waals surface area (Å²) in [6.45, 7) is 3.74. The number of carboxylic acid groups (broad SMARTS) is 2. The fourth-order valence-electron chi connectivity index (χ4n) is 2.59. The Hall–Kier alpha value is -1.63. The Balaban J connectivity index is 0. The van der Waals surface area contributed by atoms with Crippen LogP contribution in [0, 0.1) is 0 Å². The number of imide groups is 1. The highest BCUT2D eigenvalue weighted by Crippen LogP contribution is 2.13. The summed E-state index contributed by atoms with van der Waals surface area (Å²) in [7, 11) is 0. The fraction of sp³-hybridized carbons (Fsp3) is 0.824. The quantitative estimate of drug-likeness (QED) is 0.423. The topological polar surface area (TPSA) is 130 Å². The number of carbonyl (C=O) groups is 3. The largest absolute Gasteiger partial charge is 0.480 e. The minimum Gasteiger partial charge on any atom is -0.480 e. The second-order valence-corrected chi connectivity index (χ2v) is 5.89. The first-order chi connectivity index (χ1) is 11.0. The molecule has 142 valence electrons. The Labute approximate surface area is 145 Å². The smallest absolute Gasteiger partial charge is 0.414 e. The standard InChI is InChI=1S/C17H31NO5.H3N/c1-3-5-6-7-8-9-10-11-12-13-15(19)18(17(22)23)14(4-2)16(20)21;/h14H,3-13H2,1-2H3,(H,20,21)(H,22,23);1H3.